The largest absolute Gasteiger partial charge is 0.370 e. The van der Waals surface area contributed by atoms with Gasteiger partial charge in [0.1, 0.15) is 0 Å². The molecule has 1 aliphatic rings. The van der Waals surface area contributed by atoms with Gasteiger partial charge in [0.2, 0.25) is 0 Å². The summed E-state index contributed by atoms with van der Waals surface area (Å²) < 4.78 is 0. The molecule has 0 bridgehead atoms. The number of anilines is 1. The zero-order valence-electron chi connectivity index (χ0n) is 9.48. The minimum absolute atomic E-state index is 0.0743. The fourth-order valence-electron chi connectivity index (χ4n) is 1.71. The predicted octanol–water partition coefficient (Wildman–Crippen LogP) is 2.09. The molecule has 0 aliphatic heterocycles. The van der Waals surface area contributed by atoms with Crippen LogP contribution in [0.3, 0.4) is 0 Å². The molecule has 2 N–H and O–H groups in total. The third-order valence-electron chi connectivity index (χ3n) is 3.09. The van der Waals surface area contributed by atoms with Crippen LogP contribution >= 0.6 is 0 Å². The highest BCUT2D eigenvalue weighted by Gasteiger charge is 2.26. The number of hydrogen-bond acceptors (Lipinski definition) is 3. The standard InChI is InChI=1S/C12H19N3/c1-3-11(13)12-7-6-10(8-14-12)15(2)9-4-5-9/h6-9,11H,3-5,13H2,1-2H3/t11-/m1/s1. The van der Waals surface area contributed by atoms with E-state index in [0.29, 0.717) is 0 Å². The van der Waals surface area contributed by atoms with Crippen molar-refractivity contribution < 1.29 is 0 Å². The summed E-state index contributed by atoms with van der Waals surface area (Å²) in [7, 11) is 2.13. The number of nitrogens with zero attached hydrogens (tertiary/aromatic N) is 2. The van der Waals surface area contributed by atoms with Gasteiger partial charge in [-0.25, -0.2) is 0 Å². The van der Waals surface area contributed by atoms with E-state index in [1.807, 2.05) is 12.3 Å². The SMILES string of the molecule is CC[C@@H](N)c1ccc(N(C)C2CC2)cn1. The van der Waals surface area contributed by atoms with Crippen LogP contribution < -0.4 is 10.6 Å². The molecule has 1 atom stereocenters. The summed E-state index contributed by atoms with van der Waals surface area (Å²) in [6, 6.07) is 4.97. The molecule has 1 aromatic rings. The second kappa shape index (κ2) is 4.19. The first-order chi connectivity index (χ1) is 7.22. The lowest BCUT2D eigenvalue weighted by molar-refractivity contribution is 0.675. The molecule has 0 spiro atoms. The fourth-order valence-corrected chi connectivity index (χ4v) is 1.71. The average molecular weight is 205 g/mol. The van der Waals surface area contributed by atoms with Gasteiger partial charge in [-0.3, -0.25) is 4.98 Å². The summed E-state index contributed by atoms with van der Waals surface area (Å²) in [6.07, 6.45) is 5.49. The van der Waals surface area contributed by atoms with Crippen LogP contribution in [-0.4, -0.2) is 18.1 Å². The van der Waals surface area contributed by atoms with Gasteiger partial charge in [0.05, 0.1) is 17.6 Å². The highest BCUT2D eigenvalue weighted by molar-refractivity contribution is 5.46. The summed E-state index contributed by atoms with van der Waals surface area (Å²) in [5.41, 5.74) is 8.11. The molecular formula is C12H19N3. The van der Waals surface area contributed by atoms with E-state index in [9.17, 15) is 0 Å². The maximum Gasteiger partial charge on any atom is 0.0572 e. The van der Waals surface area contributed by atoms with Crippen LogP contribution in [0.25, 0.3) is 0 Å². The van der Waals surface area contributed by atoms with Gasteiger partial charge >= 0.3 is 0 Å². The number of aromatic nitrogens is 1. The van der Waals surface area contributed by atoms with E-state index in [0.717, 1.165) is 18.2 Å². The van der Waals surface area contributed by atoms with Gasteiger partial charge in [-0.1, -0.05) is 6.92 Å². The quantitative estimate of drug-likeness (QED) is 0.818. The van der Waals surface area contributed by atoms with Crippen LogP contribution in [-0.2, 0) is 0 Å². The third kappa shape index (κ3) is 2.29. The highest BCUT2D eigenvalue weighted by atomic mass is 15.2. The van der Waals surface area contributed by atoms with Gasteiger partial charge in [0.15, 0.2) is 0 Å². The summed E-state index contributed by atoms with van der Waals surface area (Å²) in [5, 5.41) is 0. The lowest BCUT2D eigenvalue weighted by Gasteiger charge is -2.18. The molecule has 1 aromatic heterocycles. The van der Waals surface area contributed by atoms with Crippen molar-refractivity contribution in [2.24, 2.45) is 5.73 Å². The Balaban J connectivity index is 2.09. The smallest absolute Gasteiger partial charge is 0.0572 e. The molecule has 0 unspecified atom stereocenters. The minimum Gasteiger partial charge on any atom is -0.370 e. The third-order valence-corrected chi connectivity index (χ3v) is 3.09. The Kier molecular flexibility index (Phi) is 2.91. The predicted molar refractivity (Wildman–Crippen MR) is 62.9 cm³/mol. The Morgan fingerprint density at radius 3 is 2.73 bits per heavy atom. The zero-order valence-corrected chi connectivity index (χ0v) is 9.48. The van der Waals surface area contributed by atoms with Gasteiger partial charge in [0.25, 0.3) is 0 Å². The van der Waals surface area contributed by atoms with Gasteiger partial charge in [-0.15, -0.1) is 0 Å². The molecule has 0 radical (unpaired) electrons. The van der Waals surface area contributed by atoms with Crippen molar-refractivity contribution in [2.75, 3.05) is 11.9 Å². The molecular weight excluding hydrogens is 186 g/mol. The first-order valence-corrected chi connectivity index (χ1v) is 5.66. The Morgan fingerprint density at radius 1 is 1.53 bits per heavy atom. The Bertz CT molecular complexity index is 316. The molecule has 1 aliphatic carbocycles. The van der Waals surface area contributed by atoms with Crippen molar-refractivity contribution in [3.05, 3.63) is 24.0 Å². The molecule has 82 valence electrons. The van der Waals surface area contributed by atoms with Gasteiger partial charge in [0, 0.05) is 19.1 Å². The van der Waals surface area contributed by atoms with E-state index in [1.54, 1.807) is 0 Å². The molecule has 1 heterocycles. The van der Waals surface area contributed by atoms with Crippen molar-refractivity contribution in [1.29, 1.82) is 0 Å². The number of rotatable bonds is 4. The molecule has 1 saturated carbocycles. The Morgan fingerprint density at radius 2 is 2.27 bits per heavy atom. The summed E-state index contributed by atoms with van der Waals surface area (Å²) >= 11 is 0. The maximum atomic E-state index is 5.92. The first-order valence-electron chi connectivity index (χ1n) is 5.66. The monoisotopic (exact) mass is 205 g/mol. The van der Waals surface area contributed by atoms with Crippen LogP contribution in [0, 0.1) is 0 Å². The van der Waals surface area contributed by atoms with E-state index in [-0.39, 0.29) is 6.04 Å². The first kappa shape index (κ1) is 10.4. The maximum absolute atomic E-state index is 5.92. The van der Waals surface area contributed by atoms with Crippen molar-refractivity contribution in [3.8, 4) is 0 Å². The van der Waals surface area contributed by atoms with Crippen LogP contribution in [0.2, 0.25) is 0 Å². The van der Waals surface area contributed by atoms with Crippen molar-refractivity contribution in [3.63, 3.8) is 0 Å². The molecule has 3 nitrogen and oxygen atoms in total. The van der Waals surface area contributed by atoms with E-state index in [2.05, 4.69) is 29.9 Å². The molecule has 2 rings (SSSR count). The van der Waals surface area contributed by atoms with E-state index in [1.165, 1.54) is 18.5 Å². The normalized spacial score (nSPS) is 17.5. The molecule has 0 aromatic carbocycles. The molecule has 1 fully saturated rings. The average Bonchev–Trinajstić information content (AvgIpc) is 3.11. The molecule has 0 amide bonds. The van der Waals surface area contributed by atoms with Crippen molar-refractivity contribution in [2.45, 2.75) is 38.3 Å². The summed E-state index contributed by atoms with van der Waals surface area (Å²) in [4.78, 5) is 6.71. The Labute approximate surface area is 91.3 Å². The van der Waals surface area contributed by atoms with Gasteiger partial charge in [-0.05, 0) is 31.4 Å². The topological polar surface area (TPSA) is 42.1 Å². The second-order valence-electron chi connectivity index (χ2n) is 4.30. The summed E-state index contributed by atoms with van der Waals surface area (Å²) in [6.45, 7) is 2.08. The lowest BCUT2D eigenvalue weighted by atomic mass is 10.1. The number of nitrogens with two attached hydrogens (primary N) is 1. The lowest BCUT2D eigenvalue weighted by Crippen LogP contribution is -2.20. The molecule has 3 heteroatoms. The van der Waals surface area contributed by atoms with Crippen LogP contribution in [0.4, 0.5) is 5.69 Å². The summed E-state index contributed by atoms with van der Waals surface area (Å²) in [5.74, 6) is 0. The highest BCUT2D eigenvalue weighted by Crippen LogP contribution is 2.29. The van der Waals surface area contributed by atoms with Gasteiger partial charge < -0.3 is 10.6 Å². The van der Waals surface area contributed by atoms with Crippen LogP contribution in [0.1, 0.15) is 37.9 Å². The van der Waals surface area contributed by atoms with Crippen LogP contribution in [0.15, 0.2) is 18.3 Å². The number of pyridine rings is 1. The fraction of sp³-hybridized carbons (Fsp3) is 0.583. The van der Waals surface area contributed by atoms with E-state index in [4.69, 9.17) is 5.73 Å². The molecule has 15 heavy (non-hydrogen) atoms. The second-order valence-corrected chi connectivity index (χ2v) is 4.30. The Hall–Kier alpha value is -1.09. The zero-order chi connectivity index (χ0) is 10.8. The van der Waals surface area contributed by atoms with E-state index >= 15 is 0 Å². The number of hydrogen-bond donors (Lipinski definition) is 1. The van der Waals surface area contributed by atoms with Crippen molar-refractivity contribution >= 4 is 5.69 Å². The molecule has 0 saturated heterocycles. The van der Waals surface area contributed by atoms with Crippen LogP contribution in [0.5, 0.6) is 0 Å². The van der Waals surface area contributed by atoms with E-state index < -0.39 is 0 Å². The van der Waals surface area contributed by atoms with Crippen molar-refractivity contribution in [1.82, 2.24) is 4.98 Å². The minimum atomic E-state index is 0.0743. The van der Waals surface area contributed by atoms with Gasteiger partial charge in [-0.2, -0.15) is 0 Å².